The topological polar surface area (TPSA) is 29.1 Å². The molecule has 2 nitrogen and oxygen atoms in total. The van der Waals surface area contributed by atoms with Crippen molar-refractivity contribution < 1.29 is 4.79 Å². The fraction of sp³-hybridized carbons (Fsp3) is 0.562. The number of hydrogen-bond donors (Lipinski definition) is 1. The predicted octanol–water partition coefficient (Wildman–Crippen LogP) is 4.60. The van der Waals surface area contributed by atoms with Crippen molar-refractivity contribution in [1.82, 2.24) is 0 Å². The van der Waals surface area contributed by atoms with Gasteiger partial charge in [0, 0.05) is 12.1 Å². The Kier molecular flexibility index (Phi) is 6.48. The van der Waals surface area contributed by atoms with Crippen LogP contribution < -0.4 is 5.32 Å². The summed E-state index contributed by atoms with van der Waals surface area (Å²) in [6, 6.07) is 6.14. The minimum absolute atomic E-state index is 0.136. The van der Waals surface area contributed by atoms with Crippen molar-refractivity contribution in [2.75, 3.05) is 5.32 Å². The molecular formula is C16H25NO. The minimum Gasteiger partial charge on any atom is -0.326 e. The summed E-state index contributed by atoms with van der Waals surface area (Å²) in [5, 5.41) is 2.98. The summed E-state index contributed by atoms with van der Waals surface area (Å²) < 4.78 is 0. The van der Waals surface area contributed by atoms with Crippen LogP contribution in [0.2, 0.25) is 0 Å². The van der Waals surface area contributed by atoms with Crippen molar-refractivity contribution in [2.24, 2.45) is 0 Å². The van der Waals surface area contributed by atoms with Gasteiger partial charge in [-0.2, -0.15) is 0 Å². The first-order chi connectivity index (χ1) is 8.61. The van der Waals surface area contributed by atoms with Gasteiger partial charge in [-0.25, -0.2) is 0 Å². The van der Waals surface area contributed by atoms with Crippen LogP contribution in [0.3, 0.4) is 0 Å². The average molecular weight is 247 g/mol. The summed E-state index contributed by atoms with van der Waals surface area (Å²) in [6.07, 6.45) is 6.56. The lowest BCUT2D eigenvalue weighted by atomic mass is 10.1. The second kappa shape index (κ2) is 7.91. The molecule has 2 heteroatoms. The molecule has 0 bridgehead atoms. The highest BCUT2D eigenvalue weighted by atomic mass is 16.1. The van der Waals surface area contributed by atoms with E-state index in [1.165, 1.54) is 30.4 Å². The first-order valence-corrected chi connectivity index (χ1v) is 7.00. The van der Waals surface area contributed by atoms with Gasteiger partial charge >= 0.3 is 0 Å². The van der Waals surface area contributed by atoms with Gasteiger partial charge in [0.25, 0.3) is 0 Å². The fourth-order valence-corrected chi connectivity index (χ4v) is 2.16. The lowest BCUT2D eigenvalue weighted by Gasteiger charge is -2.07. The minimum atomic E-state index is 0.136. The Morgan fingerprint density at radius 2 is 1.61 bits per heavy atom. The Balaban J connectivity index is 2.31. The van der Waals surface area contributed by atoms with E-state index in [4.69, 9.17) is 0 Å². The van der Waals surface area contributed by atoms with Crippen LogP contribution in [0.15, 0.2) is 18.2 Å². The predicted molar refractivity (Wildman–Crippen MR) is 77.9 cm³/mol. The van der Waals surface area contributed by atoms with E-state index in [-0.39, 0.29) is 5.91 Å². The molecule has 1 N–H and O–H groups in total. The molecule has 1 amide bonds. The van der Waals surface area contributed by atoms with Gasteiger partial charge in [-0.05, 0) is 43.5 Å². The molecule has 0 saturated heterocycles. The molecule has 0 heterocycles. The number of rotatable bonds is 7. The Morgan fingerprint density at radius 3 is 2.22 bits per heavy atom. The summed E-state index contributed by atoms with van der Waals surface area (Å²) in [5.41, 5.74) is 3.30. The summed E-state index contributed by atoms with van der Waals surface area (Å²) in [5.74, 6) is 0.136. The third-order valence-electron chi connectivity index (χ3n) is 3.01. The average Bonchev–Trinajstić information content (AvgIpc) is 2.27. The number of anilines is 1. The van der Waals surface area contributed by atoms with Crippen LogP contribution in [0.5, 0.6) is 0 Å². The lowest BCUT2D eigenvalue weighted by Crippen LogP contribution is -2.11. The maximum atomic E-state index is 11.8. The largest absolute Gasteiger partial charge is 0.326 e. The third kappa shape index (κ3) is 5.85. The number of nitrogens with one attached hydrogen (secondary N) is 1. The van der Waals surface area contributed by atoms with E-state index in [0.717, 1.165) is 18.5 Å². The van der Waals surface area contributed by atoms with Gasteiger partial charge in [-0.3, -0.25) is 4.79 Å². The highest BCUT2D eigenvalue weighted by Crippen LogP contribution is 2.14. The lowest BCUT2D eigenvalue weighted by molar-refractivity contribution is -0.116. The van der Waals surface area contributed by atoms with Crippen molar-refractivity contribution in [3.63, 3.8) is 0 Å². The second-order valence-corrected chi connectivity index (χ2v) is 5.09. The zero-order chi connectivity index (χ0) is 13.4. The number of amides is 1. The maximum Gasteiger partial charge on any atom is 0.224 e. The molecule has 0 unspecified atom stereocenters. The molecule has 0 aromatic heterocycles. The molecule has 0 fully saturated rings. The number of benzene rings is 1. The van der Waals surface area contributed by atoms with Crippen LogP contribution in [-0.4, -0.2) is 5.91 Å². The summed E-state index contributed by atoms with van der Waals surface area (Å²) in [6.45, 7) is 6.30. The molecule has 0 aliphatic heterocycles. The monoisotopic (exact) mass is 247 g/mol. The molecule has 0 atom stereocenters. The first-order valence-electron chi connectivity index (χ1n) is 7.00. The Labute approximate surface area is 111 Å². The summed E-state index contributed by atoms with van der Waals surface area (Å²) >= 11 is 0. The van der Waals surface area contributed by atoms with Crippen molar-refractivity contribution in [3.8, 4) is 0 Å². The van der Waals surface area contributed by atoms with E-state index >= 15 is 0 Å². The number of carbonyl (C=O) groups excluding carboxylic acids is 1. The van der Waals surface area contributed by atoms with Crippen LogP contribution >= 0.6 is 0 Å². The Hall–Kier alpha value is -1.31. The molecule has 100 valence electrons. The maximum absolute atomic E-state index is 11.8. The number of aryl methyl sites for hydroxylation is 2. The smallest absolute Gasteiger partial charge is 0.224 e. The van der Waals surface area contributed by atoms with Gasteiger partial charge < -0.3 is 5.32 Å². The zero-order valence-corrected chi connectivity index (χ0v) is 11.9. The molecule has 0 aliphatic carbocycles. The fourth-order valence-electron chi connectivity index (χ4n) is 2.16. The van der Waals surface area contributed by atoms with Crippen molar-refractivity contribution >= 4 is 11.6 Å². The van der Waals surface area contributed by atoms with E-state index in [0.29, 0.717) is 6.42 Å². The molecule has 0 radical (unpaired) electrons. The van der Waals surface area contributed by atoms with Crippen molar-refractivity contribution in [1.29, 1.82) is 0 Å². The molecule has 1 aromatic carbocycles. The summed E-state index contributed by atoms with van der Waals surface area (Å²) in [4.78, 5) is 11.8. The Bertz CT molecular complexity index is 364. The SMILES string of the molecule is CCCCCCCC(=O)Nc1cc(C)cc(C)c1. The van der Waals surface area contributed by atoms with E-state index < -0.39 is 0 Å². The van der Waals surface area contributed by atoms with Gasteiger partial charge in [0.15, 0.2) is 0 Å². The normalized spacial score (nSPS) is 10.4. The highest BCUT2D eigenvalue weighted by Gasteiger charge is 2.03. The number of hydrogen-bond acceptors (Lipinski definition) is 1. The van der Waals surface area contributed by atoms with Crippen LogP contribution in [0.4, 0.5) is 5.69 Å². The van der Waals surface area contributed by atoms with Crippen molar-refractivity contribution in [2.45, 2.75) is 59.3 Å². The van der Waals surface area contributed by atoms with Gasteiger partial charge in [0.05, 0.1) is 0 Å². The quantitative estimate of drug-likeness (QED) is 0.701. The van der Waals surface area contributed by atoms with Crippen LogP contribution in [-0.2, 0) is 4.79 Å². The van der Waals surface area contributed by atoms with Crippen LogP contribution in [0.25, 0.3) is 0 Å². The molecule has 1 aromatic rings. The zero-order valence-electron chi connectivity index (χ0n) is 11.9. The molecule has 1 rings (SSSR count). The molecule has 18 heavy (non-hydrogen) atoms. The van der Waals surface area contributed by atoms with Gasteiger partial charge in [0.1, 0.15) is 0 Å². The molecule has 0 saturated carbocycles. The van der Waals surface area contributed by atoms with E-state index in [1.54, 1.807) is 0 Å². The Morgan fingerprint density at radius 1 is 1.00 bits per heavy atom. The van der Waals surface area contributed by atoms with Gasteiger partial charge in [-0.1, -0.05) is 38.7 Å². The molecule has 0 spiro atoms. The van der Waals surface area contributed by atoms with Crippen molar-refractivity contribution in [3.05, 3.63) is 29.3 Å². The van der Waals surface area contributed by atoms with E-state index in [2.05, 4.69) is 18.3 Å². The highest BCUT2D eigenvalue weighted by molar-refractivity contribution is 5.90. The molecule has 0 aliphatic rings. The first kappa shape index (κ1) is 14.7. The van der Waals surface area contributed by atoms with Gasteiger partial charge in [0.2, 0.25) is 5.91 Å². The number of unbranched alkanes of at least 4 members (excludes halogenated alkanes) is 4. The van der Waals surface area contributed by atoms with E-state index in [9.17, 15) is 4.79 Å². The molecular weight excluding hydrogens is 222 g/mol. The van der Waals surface area contributed by atoms with Crippen LogP contribution in [0, 0.1) is 13.8 Å². The van der Waals surface area contributed by atoms with E-state index in [1.807, 2.05) is 26.0 Å². The van der Waals surface area contributed by atoms with Crippen LogP contribution in [0.1, 0.15) is 56.6 Å². The summed E-state index contributed by atoms with van der Waals surface area (Å²) in [7, 11) is 0. The standard InChI is InChI=1S/C16H25NO/c1-4-5-6-7-8-9-16(18)17-15-11-13(2)10-14(3)12-15/h10-12H,4-9H2,1-3H3,(H,17,18). The number of carbonyl (C=O) groups is 1. The third-order valence-corrected chi connectivity index (χ3v) is 3.01. The van der Waals surface area contributed by atoms with Gasteiger partial charge in [-0.15, -0.1) is 0 Å². The second-order valence-electron chi connectivity index (χ2n) is 5.09.